The van der Waals surface area contributed by atoms with Gasteiger partial charge in [-0.25, -0.2) is 9.78 Å². The summed E-state index contributed by atoms with van der Waals surface area (Å²) >= 11 is 0. The van der Waals surface area contributed by atoms with Crippen LogP contribution in [0.1, 0.15) is 36.1 Å². The first-order valence-corrected chi connectivity index (χ1v) is 11.5. The Kier molecular flexibility index (Phi) is 5.65. The predicted molar refractivity (Wildman–Crippen MR) is 123 cm³/mol. The predicted octanol–water partition coefficient (Wildman–Crippen LogP) is 2.23. The minimum absolute atomic E-state index is 0.103. The van der Waals surface area contributed by atoms with Crippen LogP contribution in [0.3, 0.4) is 0 Å². The van der Waals surface area contributed by atoms with Crippen molar-refractivity contribution in [3.63, 3.8) is 0 Å². The Morgan fingerprint density at radius 3 is 2.58 bits per heavy atom. The SMILES string of the molecule is CCC(=O)C1=C(c2cn(C)c(C)n2)Cc2nccc(N3CCN(C(=O)OC4COC4)CC3)c21. The molecule has 2 aliphatic heterocycles. The Hall–Kier alpha value is -3.20. The van der Waals surface area contributed by atoms with E-state index < -0.39 is 0 Å². The van der Waals surface area contributed by atoms with Gasteiger partial charge in [0, 0.05) is 75.3 Å². The fourth-order valence-electron chi connectivity index (χ4n) is 4.61. The van der Waals surface area contributed by atoms with Crippen LogP contribution in [0.15, 0.2) is 18.5 Å². The molecule has 5 rings (SSSR count). The van der Waals surface area contributed by atoms with Crippen LogP contribution in [0.25, 0.3) is 11.1 Å². The zero-order chi connectivity index (χ0) is 23.1. The molecular formula is C24H29N5O4. The summed E-state index contributed by atoms with van der Waals surface area (Å²) in [6.45, 7) is 7.27. The van der Waals surface area contributed by atoms with Gasteiger partial charge in [0.2, 0.25) is 0 Å². The normalized spacial score (nSPS) is 18.4. The number of ether oxygens (including phenoxy) is 2. The summed E-state index contributed by atoms with van der Waals surface area (Å²) in [6.07, 6.45) is 4.40. The summed E-state index contributed by atoms with van der Waals surface area (Å²) < 4.78 is 12.5. The van der Waals surface area contributed by atoms with Crippen molar-refractivity contribution in [2.45, 2.75) is 32.8 Å². The number of hydrogen-bond donors (Lipinski definition) is 0. The highest BCUT2D eigenvalue weighted by Gasteiger charge is 2.34. The number of nitrogens with zero attached hydrogens (tertiary/aromatic N) is 5. The number of Topliss-reactive ketones (excluding diaryl/α,β-unsaturated/α-hetero) is 1. The van der Waals surface area contributed by atoms with Gasteiger partial charge in [-0.2, -0.15) is 0 Å². The second-order valence-corrected chi connectivity index (χ2v) is 8.76. The summed E-state index contributed by atoms with van der Waals surface area (Å²) in [5, 5.41) is 0. The molecule has 2 fully saturated rings. The van der Waals surface area contributed by atoms with E-state index in [-0.39, 0.29) is 18.0 Å². The lowest BCUT2D eigenvalue weighted by Crippen LogP contribution is -2.51. The number of imidazole rings is 1. The average Bonchev–Trinajstić information content (AvgIpc) is 3.35. The van der Waals surface area contributed by atoms with Gasteiger partial charge in [0.05, 0.1) is 24.6 Å². The molecule has 1 aliphatic carbocycles. The first-order chi connectivity index (χ1) is 16.0. The third kappa shape index (κ3) is 3.90. The molecule has 3 aliphatic rings. The second kappa shape index (κ2) is 8.62. The van der Waals surface area contributed by atoms with Crippen LogP contribution in [-0.4, -0.2) is 76.8 Å². The van der Waals surface area contributed by atoms with Gasteiger partial charge in [0.25, 0.3) is 0 Å². The fourth-order valence-corrected chi connectivity index (χ4v) is 4.61. The minimum Gasteiger partial charge on any atom is -0.441 e. The third-order valence-electron chi connectivity index (χ3n) is 6.67. The molecule has 1 amide bonds. The zero-order valence-electron chi connectivity index (χ0n) is 19.3. The molecule has 9 nitrogen and oxygen atoms in total. The van der Waals surface area contributed by atoms with Crippen molar-refractivity contribution in [3.8, 4) is 0 Å². The van der Waals surface area contributed by atoms with Gasteiger partial charge in [-0.3, -0.25) is 9.78 Å². The smallest absolute Gasteiger partial charge is 0.410 e. The van der Waals surface area contributed by atoms with Crippen molar-refractivity contribution in [3.05, 3.63) is 41.2 Å². The Bertz CT molecular complexity index is 1110. The molecule has 174 valence electrons. The highest BCUT2D eigenvalue weighted by molar-refractivity contribution is 6.30. The summed E-state index contributed by atoms with van der Waals surface area (Å²) in [5.74, 6) is 1.01. The number of piperazine rings is 1. The number of ketones is 1. The van der Waals surface area contributed by atoms with E-state index in [0.717, 1.165) is 39.6 Å². The molecule has 0 radical (unpaired) electrons. The van der Waals surface area contributed by atoms with Gasteiger partial charge in [-0.15, -0.1) is 0 Å². The minimum atomic E-state index is -0.280. The molecule has 2 saturated heterocycles. The third-order valence-corrected chi connectivity index (χ3v) is 6.67. The van der Waals surface area contributed by atoms with Gasteiger partial charge in [-0.1, -0.05) is 6.92 Å². The van der Waals surface area contributed by atoms with Gasteiger partial charge in [-0.05, 0) is 18.6 Å². The van der Waals surface area contributed by atoms with E-state index in [1.54, 1.807) is 4.90 Å². The molecule has 0 bridgehead atoms. The number of amides is 1. The van der Waals surface area contributed by atoms with Crippen LogP contribution >= 0.6 is 0 Å². The lowest BCUT2D eigenvalue weighted by Gasteiger charge is -2.37. The maximum atomic E-state index is 13.1. The van der Waals surface area contributed by atoms with Gasteiger partial charge >= 0.3 is 6.09 Å². The van der Waals surface area contributed by atoms with Gasteiger partial charge < -0.3 is 23.8 Å². The Balaban J connectivity index is 1.42. The number of hydrogen-bond acceptors (Lipinski definition) is 7. The van der Waals surface area contributed by atoms with Crippen molar-refractivity contribution in [2.24, 2.45) is 7.05 Å². The molecule has 0 saturated carbocycles. The van der Waals surface area contributed by atoms with Crippen LogP contribution in [0.2, 0.25) is 0 Å². The van der Waals surface area contributed by atoms with Crippen molar-refractivity contribution in [2.75, 3.05) is 44.3 Å². The first-order valence-electron chi connectivity index (χ1n) is 11.5. The van der Waals surface area contributed by atoms with Crippen molar-refractivity contribution >= 4 is 28.7 Å². The number of aryl methyl sites for hydroxylation is 2. The largest absolute Gasteiger partial charge is 0.441 e. The Morgan fingerprint density at radius 2 is 1.97 bits per heavy atom. The quantitative estimate of drug-likeness (QED) is 0.689. The summed E-state index contributed by atoms with van der Waals surface area (Å²) in [6, 6.07) is 1.98. The number of fused-ring (bicyclic) bond motifs is 1. The van der Waals surface area contributed by atoms with E-state index in [1.807, 2.05) is 43.9 Å². The number of anilines is 1. The van der Waals surface area contributed by atoms with Gasteiger partial charge in [0.1, 0.15) is 5.82 Å². The maximum Gasteiger partial charge on any atom is 0.410 e. The molecule has 0 unspecified atom stereocenters. The maximum absolute atomic E-state index is 13.1. The molecular weight excluding hydrogens is 422 g/mol. The van der Waals surface area contributed by atoms with Crippen LogP contribution in [0.5, 0.6) is 0 Å². The molecule has 0 N–H and O–H groups in total. The lowest BCUT2D eigenvalue weighted by atomic mass is 9.97. The van der Waals surface area contributed by atoms with Crippen molar-refractivity contribution < 1.29 is 19.1 Å². The number of aromatic nitrogens is 3. The standard InChI is InChI=1S/C24H29N5O4/c1-4-21(30)22-17(19-12-27(3)15(2)26-19)11-18-23(22)20(5-6-25-18)28-7-9-29(10-8-28)24(31)33-16-13-32-14-16/h5-6,12,16H,4,7-11,13-14H2,1-3H3. The van der Waals surface area contributed by atoms with E-state index >= 15 is 0 Å². The van der Waals surface area contributed by atoms with Crippen LogP contribution in [0, 0.1) is 6.92 Å². The molecule has 4 heterocycles. The van der Waals surface area contributed by atoms with Crippen molar-refractivity contribution in [1.29, 1.82) is 0 Å². The average molecular weight is 452 g/mol. The molecule has 33 heavy (non-hydrogen) atoms. The summed E-state index contributed by atoms with van der Waals surface area (Å²) in [5.41, 5.74) is 5.36. The highest BCUT2D eigenvalue weighted by Crippen LogP contribution is 2.43. The molecule has 2 aromatic rings. The number of carbonyl (C=O) groups is 2. The van der Waals surface area contributed by atoms with E-state index in [9.17, 15) is 9.59 Å². The van der Waals surface area contributed by atoms with E-state index in [1.165, 1.54) is 0 Å². The van der Waals surface area contributed by atoms with Crippen LogP contribution < -0.4 is 4.90 Å². The van der Waals surface area contributed by atoms with Gasteiger partial charge in [0.15, 0.2) is 11.9 Å². The zero-order valence-corrected chi connectivity index (χ0v) is 19.3. The number of rotatable bonds is 5. The molecule has 9 heteroatoms. The summed E-state index contributed by atoms with van der Waals surface area (Å²) in [7, 11) is 1.96. The van der Waals surface area contributed by atoms with Crippen LogP contribution in [-0.2, 0) is 27.7 Å². The van der Waals surface area contributed by atoms with E-state index in [0.29, 0.717) is 52.2 Å². The first kappa shape index (κ1) is 21.6. The van der Waals surface area contributed by atoms with Crippen LogP contribution in [0.4, 0.5) is 10.5 Å². The van der Waals surface area contributed by atoms with E-state index in [4.69, 9.17) is 14.5 Å². The fraction of sp³-hybridized carbons (Fsp3) is 0.500. The molecule has 0 aromatic carbocycles. The molecule has 2 aromatic heterocycles. The Morgan fingerprint density at radius 1 is 1.21 bits per heavy atom. The van der Waals surface area contributed by atoms with Crippen molar-refractivity contribution in [1.82, 2.24) is 19.4 Å². The second-order valence-electron chi connectivity index (χ2n) is 8.76. The monoisotopic (exact) mass is 451 g/mol. The number of pyridine rings is 1. The highest BCUT2D eigenvalue weighted by atomic mass is 16.6. The number of allylic oxidation sites excluding steroid dienone is 2. The topological polar surface area (TPSA) is 89.8 Å². The number of carbonyl (C=O) groups excluding carboxylic acids is 2. The van der Waals surface area contributed by atoms with E-state index in [2.05, 4.69) is 9.88 Å². The molecule has 0 spiro atoms. The molecule has 0 atom stereocenters. The lowest BCUT2D eigenvalue weighted by molar-refractivity contribution is -0.113. The summed E-state index contributed by atoms with van der Waals surface area (Å²) in [4.78, 5) is 38.9. The Labute approximate surface area is 193 Å².